The number of hydrogen-bond donors (Lipinski definition) is 0. The van der Waals surface area contributed by atoms with Crippen LogP contribution >= 0.6 is 0 Å². The highest BCUT2D eigenvalue weighted by atomic mass is 16.6. The zero-order chi connectivity index (χ0) is 7.72. The van der Waals surface area contributed by atoms with Gasteiger partial charge >= 0.3 is 0 Å². The van der Waals surface area contributed by atoms with Gasteiger partial charge in [-0.1, -0.05) is 0 Å². The Hall–Kier alpha value is -1.26. The second kappa shape index (κ2) is 2.17. The van der Waals surface area contributed by atoms with E-state index in [2.05, 4.69) is 10.2 Å². The summed E-state index contributed by atoms with van der Waals surface area (Å²) < 4.78 is 0. The van der Waals surface area contributed by atoms with Crippen molar-refractivity contribution in [3.63, 3.8) is 0 Å². The average Bonchev–Trinajstić information content (AvgIpc) is 2.11. The lowest BCUT2D eigenvalue weighted by atomic mass is 10.1. The quantitative estimate of drug-likeness (QED) is 0.393. The van der Waals surface area contributed by atoms with E-state index in [-0.39, 0.29) is 4.92 Å². The fourth-order valence-corrected chi connectivity index (χ4v) is 0.875. The summed E-state index contributed by atoms with van der Waals surface area (Å²) in [5.74, 6) is 0. The summed E-state index contributed by atoms with van der Waals surface area (Å²) in [4.78, 5) is 9.88. The molecule has 0 unspecified atom stereocenters. The molecule has 0 spiro atoms. The normalized spacial score (nSPS) is 18.6. The van der Waals surface area contributed by atoms with Gasteiger partial charge in [0.05, 0.1) is 0 Å². The smallest absolute Gasteiger partial charge is 0.263 e. The summed E-state index contributed by atoms with van der Waals surface area (Å²) in [6.07, 6.45) is 0. The molecule has 0 aliphatic carbocycles. The predicted octanol–water partition coefficient (Wildman–Crippen LogP) is 0.482. The highest BCUT2D eigenvalue weighted by molar-refractivity contribution is 6.10. The highest BCUT2D eigenvalue weighted by Gasteiger charge is 2.31. The Labute approximate surface area is 57.6 Å². The minimum Gasteiger partial charge on any atom is -0.263 e. The van der Waals surface area contributed by atoms with Gasteiger partial charge in [0.25, 0.3) is 6.04 Å². The maximum absolute atomic E-state index is 10.3. The van der Waals surface area contributed by atoms with Crippen molar-refractivity contribution in [3.8, 4) is 0 Å². The van der Waals surface area contributed by atoms with Gasteiger partial charge in [-0.2, -0.15) is 10.2 Å². The molecule has 0 amide bonds. The molecule has 1 heterocycles. The monoisotopic (exact) mass is 141 g/mol. The maximum atomic E-state index is 10.3. The first kappa shape index (κ1) is 6.85. The molecule has 10 heavy (non-hydrogen) atoms. The van der Waals surface area contributed by atoms with Crippen LogP contribution in [0.25, 0.3) is 0 Å². The van der Waals surface area contributed by atoms with E-state index in [0.717, 1.165) is 0 Å². The van der Waals surface area contributed by atoms with Crippen molar-refractivity contribution in [3.05, 3.63) is 10.1 Å². The van der Waals surface area contributed by atoms with E-state index in [1.807, 2.05) is 0 Å². The molecule has 0 aromatic rings. The third kappa shape index (κ3) is 0.896. The minimum atomic E-state index is -0.778. The Morgan fingerprint density at radius 2 is 1.80 bits per heavy atom. The summed E-state index contributed by atoms with van der Waals surface area (Å²) >= 11 is 0. The molecule has 0 aromatic carbocycles. The topological polar surface area (TPSA) is 67.9 Å². The maximum Gasteiger partial charge on any atom is 0.291 e. The lowest BCUT2D eigenvalue weighted by Gasteiger charge is -1.99. The average molecular weight is 141 g/mol. The van der Waals surface area contributed by atoms with Crippen molar-refractivity contribution in [2.75, 3.05) is 0 Å². The van der Waals surface area contributed by atoms with E-state index in [0.29, 0.717) is 11.4 Å². The molecule has 1 aliphatic heterocycles. The molecule has 0 fully saturated rings. The molecule has 54 valence electrons. The summed E-state index contributed by atoms with van der Waals surface area (Å²) in [6, 6.07) is -0.778. The zero-order valence-corrected chi connectivity index (χ0v) is 5.74. The van der Waals surface area contributed by atoms with Crippen LogP contribution < -0.4 is 0 Å². The number of rotatable bonds is 1. The van der Waals surface area contributed by atoms with E-state index in [1.165, 1.54) is 0 Å². The number of nitrogens with zero attached hydrogens (tertiary/aromatic N) is 3. The molecule has 0 atom stereocenters. The van der Waals surface area contributed by atoms with Crippen molar-refractivity contribution in [2.24, 2.45) is 10.2 Å². The zero-order valence-electron chi connectivity index (χ0n) is 5.74. The van der Waals surface area contributed by atoms with Crippen LogP contribution in [0.15, 0.2) is 10.2 Å². The van der Waals surface area contributed by atoms with Crippen LogP contribution in [0, 0.1) is 10.1 Å². The molecule has 1 rings (SSSR count). The summed E-state index contributed by atoms with van der Waals surface area (Å²) in [7, 11) is 0. The van der Waals surface area contributed by atoms with Crippen molar-refractivity contribution in [1.29, 1.82) is 0 Å². The van der Waals surface area contributed by atoms with Gasteiger partial charge in [-0.3, -0.25) is 10.1 Å². The standard InChI is InChI=1S/C5H7N3O2/c1-3-5(8(9)10)4(2)7-6-3/h5H,1-2H3. The first-order valence-corrected chi connectivity index (χ1v) is 2.85. The predicted molar refractivity (Wildman–Crippen MR) is 37.0 cm³/mol. The largest absolute Gasteiger partial charge is 0.291 e. The van der Waals surface area contributed by atoms with E-state index >= 15 is 0 Å². The van der Waals surface area contributed by atoms with Gasteiger partial charge in [0, 0.05) is 4.92 Å². The Morgan fingerprint density at radius 1 is 1.40 bits per heavy atom. The lowest BCUT2D eigenvalue weighted by Crippen LogP contribution is -2.31. The third-order valence-electron chi connectivity index (χ3n) is 1.37. The van der Waals surface area contributed by atoms with Crippen molar-refractivity contribution < 1.29 is 4.92 Å². The molecule has 1 aliphatic rings. The van der Waals surface area contributed by atoms with Crippen LogP contribution in [0.4, 0.5) is 0 Å². The van der Waals surface area contributed by atoms with Crippen LogP contribution in [-0.4, -0.2) is 22.4 Å². The second-order valence-electron chi connectivity index (χ2n) is 2.17. The second-order valence-corrected chi connectivity index (χ2v) is 2.17. The van der Waals surface area contributed by atoms with E-state index in [9.17, 15) is 10.1 Å². The Bertz CT molecular complexity index is 213. The van der Waals surface area contributed by atoms with Gasteiger partial charge in [0.15, 0.2) is 0 Å². The van der Waals surface area contributed by atoms with Crippen molar-refractivity contribution in [2.45, 2.75) is 19.9 Å². The Balaban J connectivity index is 2.86. The first-order chi connectivity index (χ1) is 4.63. The lowest BCUT2D eigenvalue weighted by molar-refractivity contribution is -0.484. The molecular formula is C5H7N3O2. The van der Waals surface area contributed by atoms with Gasteiger partial charge in [-0.05, 0) is 13.8 Å². The fraction of sp³-hybridized carbons (Fsp3) is 0.600. The molecule has 0 saturated carbocycles. The third-order valence-corrected chi connectivity index (χ3v) is 1.37. The molecule has 0 saturated heterocycles. The van der Waals surface area contributed by atoms with Gasteiger partial charge in [0.2, 0.25) is 0 Å². The van der Waals surface area contributed by atoms with Gasteiger partial charge in [-0.15, -0.1) is 0 Å². The molecule has 5 heteroatoms. The van der Waals surface area contributed by atoms with Crippen LogP contribution in [0.2, 0.25) is 0 Å². The molecule has 0 N–H and O–H groups in total. The summed E-state index contributed by atoms with van der Waals surface area (Å²) in [6.45, 7) is 3.21. The van der Waals surface area contributed by atoms with E-state index in [4.69, 9.17) is 0 Å². The first-order valence-electron chi connectivity index (χ1n) is 2.85. The van der Waals surface area contributed by atoms with Gasteiger partial charge in [-0.25, -0.2) is 0 Å². The van der Waals surface area contributed by atoms with Crippen LogP contribution in [0.5, 0.6) is 0 Å². The SMILES string of the molecule is CC1=NN=C(C)C1[N+](=O)[O-]. The van der Waals surface area contributed by atoms with Crippen molar-refractivity contribution in [1.82, 2.24) is 0 Å². The summed E-state index contributed by atoms with van der Waals surface area (Å²) in [5.41, 5.74) is 0.921. The highest BCUT2D eigenvalue weighted by Crippen LogP contribution is 2.05. The molecule has 0 radical (unpaired) electrons. The summed E-state index contributed by atoms with van der Waals surface area (Å²) in [5, 5.41) is 17.4. The van der Waals surface area contributed by atoms with Crippen LogP contribution in [0.3, 0.4) is 0 Å². The molecule has 0 aromatic heterocycles. The molecular weight excluding hydrogens is 134 g/mol. The van der Waals surface area contributed by atoms with Crippen molar-refractivity contribution >= 4 is 11.4 Å². The number of nitro groups is 1. The fourth-order valence-electron chi connectivity index (χ4n) is 0.875. The Kier molecular flexibility index (Phi) is 1.48. The van der Waals surface area contributed by atoms with E-state index < -0.39 is 6.04 Å². The minimum absolute atomic E-state index is 0.384. The Morgan fingerprint density at radius 3 is 2.00 bits per heavy atom. The molecule has 0 bridgehead atoms. The molecule has 5 nitrogen and oxygen atoms in total. The van der Waals surface area contributed by atoms with Crippen LogP contribution in [0.1, 0.15) is 13.8 Å². The number of hydrogen-bond acceptors (Lipinski definition) is 4. The van der Waals surface area contributed by atoms with Gasteiger partial charge in [0.1, 0.15) is 11.4 Å². The van der Waals surface area contributed by atoms with E-state index in [1.54, 1.807) is 13.8 Å². The van der Waals surface area contributed by atoms with Crippen LogP contribution in [-0.2, 0) is 0 Å². The van der Waals surface area contributed by atoms with Gasteiger partial charge < -0.3 is 0 Å².